The third-order valence-corrected chi connectivity index (χ3v) is 1.86. The van der Waals surface area contributed by atoms with Gasteiger partial charge in [0.15, 0.2) is 0 Å². The Morgan fingerprint density at radius 3 is 2.53 bits per heavy atom. The minimum atomic E-state index is -0.866. The summed E-state index contributed by atoms with van der Waals surface area (Å²) in [6, 6.07) is 0. The first-order valence-corrected chi connectivity index (χ1v) is 5.32. The Hall–Kier alpha value is -1.63. The SMILES string of the molecule is CCOC(=O)NC(=O)CN(C)CCCC(=O)O. The van der Waals surface area contributed by atoms with Gasteiger partial charge in [0.2, 0.25) is 5.91 Å². The van der Waals surface area contributed by atoms with E-state index in [1.807, 2.05) is 0 Å². The minimum Gasteiger partial charge on any atom is -0.481 e. The number of alkyl carbamates (subject to hydrolysis) is 1. The number of imide groups is 1. The number of likely N-dealkylation sites (N-methyl/N-ethyl adjacent to an activating group) is 1. The van der Waals surface area contributed by atoms with Gasteiger partial charge in [-0.25, -0.2) is 4.79 Å². The number of carboxylic acid groups (broad SMARTS) is 1. The molecular formula is C10H18N2O5. The van der Waals surface area contributed by atoms with Crippen LogP contribution in [0.25, 0.3) is 0 Å². The number of hydrogen-bond acceptors (Lipinski definition) is 5. The molecule has 0 aromatic rings. The first kappa shape index (κ1) is 15.4. The summed E-state index contributed by atoms with van der Waals surface area (Å²) in [5.74, 6) is -1.34. The fourth-order valence-electron chi connectivity index (χ4n) is 1.14. The molecule has 0 bridgehead atoms. The van der Waals surface area contributed by atoms with E-state index >= 15 is 0 Å². The normalized spacial score (nSPS) is 10.1. The van der Waals surface area contributed by atoms with Crippen LogP contribution in [-0.2, 0) is 14.3 Å². The molecule has 0 heterocycles. The molecule has 7 nitrogen and oxygen atoms in total. The second-order valence-electron chi connectivity index (χ2n) is 3.50. The Kier molecular flexibility index (Phi) is 7.70. The van der Waals surface area contributed by atoms with Gasteiger partial charge in [0.05, 0.1) is 13.2 Å². The summed E-state index contributed by atoms with van der Waals surface area (Å²) in [4.78, 5) is 34.1. The lowest BCUT2D eigenvalue weighted by Gasteiger charge is -2.14. The van der Waals surface area contributed by atoms with Crippen molar-refractivity contribution in [3.8, 4) is 0 Å². The molecule has 7 heteroatoms. The number of nitrogens with one attached hydrogen (secondary N) is 1. The van der Waals surface area contributed by atoms with Gasteiger partial charge < -0.3 is 9.84 Å². The van der Waals surface area contributed by atoms with Crippen LogP contribution in [0.4, 0.5) is 4.79 Å². The van der Waals surface area contributed by atoms with Crippen molar-refractivity contribution in [1.82, 2.24) is 10.2 Å². The van der Waals surface area contributed by atoms with Gasteiger partial charge in [0, 0.05) is 6.42 Å². The summed E-state index contributed by atoms with van der Waals surface area (Å²) >= 11 is 0. The summed E-state index contributed by atoms with van der Waals surface area (Å²) in [5.41, 5.74) is 0. The van der Waals surface area contributed by atoms with E-state index in [4.69, 9.17) is 5.11 Å². The summed E-state index contributed by atoms with van der Waals surface area (Å²) in [5, 5.41) is 10.5. The maximum absolute atomic E-state index is 11.3. The van der Waals surface area contributed by atoms with Crippen LogP contribution >= 0.6 is 0 Å². The number of carbonyl (C=O) groups is 3. The van der Waals surface area contributed by atoms with E-state index in [1.165, 1.54) is 0 Å². The monoisotopic (exact) mass is 246 g/mol. The van der Waals surface area contributed by atoms with Crippen LogP contribution in [0.5, 0.6) is 0 Å². The van der Waals surface area contributed by atoms with Crippen molar-refractivity contribution < 1.29 is 24.2 Å². The first-order chi connectivity index (χ1) is 7.95. The number of nitrogens with zero attached hydrogens (tertiary/aromatic N) is 1. The van der Waals surface area contributed by atoms with Gasteiger partial charge in [-0.2, -0.15) is 0 Å². The highest BCUT2D eigenvalue weighted by Gasteiger charge is 2.10. The second-order valence-corrected chi connectivity index (χ2v) is 3.50. The van der Waals surface area contributed by atoms with E-state index in [2.05, 4.69) is 10.1 Å². The van der Waals surface area contributed by atoms with Crippen molar-refractivity contribution in [3.63, 3.8) is 0 Å². The zero-order chi connectivity index (χ0) is 13.3. The lowest BCUT2D eigenvalue weighted by atomic mass is 10.3. The van der Waals surface area contributed by atoms with Crippen molar-refractivity contribution in [2.24, 2.45) is 0 Å². The molecule has 2 N–H and O–H groups in total. The number of carbonyl (C=O) groups excluding carboxylic acids is 2. The summed E-state index contributed by atoms with van der Waals surface area (Å²) in [6.45, 7) is 2.34. The number of amides is 2. The lowest BCUT2D eigenvalue weighted by molar-refractivity contribution is -0.137. The van der Waals surface area contributed by atoms with E-state index in [-0.39, 0.29) is 19.6 Å². The van der Waals surface area contributed by atoms with Crippen LogP contribution in [-0.4, -0.2) is 54.7 Å². The number of rotatable bonds is 7. The zero-order valence-corrected chi connectivity index (χ0v) is 10.1. The third kappa shape index (κ3) is 9.31. The smallest absolute Gasteiger partial charge is 0.413 e. The van der Waals surface area contributed by atoms with Crippen LogP contribution in [0.15, 0.2) is 0 Å². The minimum absolute atomic E-state index is 0.0262. The predicted molar refractivity (Wildman–Crippen MR) is 59.5 cm³/mol. The molecule has 17 heavy (non-hydrogen) atoms. The molecule has 0 spiro atoms. The molecule has 0 aliphatic heterocycles. The summed E-state index contributed by atoms with van der Waals surface area (Å²) < 4.78 is 4.54. The van der Waals surface area contributed by atoms with E-state index in [1.54, 1.807) is 18.9 Å². The lowest BCUT2D eigenvalue weighted by Crippen LogP contribution is -2.39. The average molecular weight is 246 g/mol. The standard InChI is InChI=1S/C10H18N2O5/c1-3-17-10(16)11-8(13)7-12(2)6-4-5-9(14)15/h3-7H2,1-2H3,(H,14,15)(H,11,13,16). The number of aliphatic carboxylic acids is 1. The maximum Gasteiger partial charge on any atom is 0.413 e. The van der Waals surface area contributed by atoms with Crippen LogP contribution in [0.3, 0.4) is 0 Å². The molecule has 0 saturated heterocycles. The van der Waals surface area contributed by atoms with Crippen molar-refractivity contribution in [2.45, 2.75) is 19.8 Å². The zero-order valence-electron chi connectivity index (χ0n) is 10.1. The van der Waals surface area contributed by atoms with Gasteiger partial charge in [0.25, 0.3) is 0 Å². The molecule has 0 atom stereocenters. The van der Waals surface area contributed by atoms with E-state index in [9.17, 15) is 14.4 Å². The van der Waals surface area contributed by atoms with Crippen molar-refractivity contribution in [2.75, 3.05) is 26.7 Å². The van der Waals surface area contributed by atoms with Crippen LogP contribution in [0, 0.1) is 0 Å². The molecule has 0 unspecified atom stereocenters. The largest absolute Gasteiger partial charge is 0.481 e. The quantitative estimate of drug-likeness (QED) is 0.659. The Bertz CT molecular complexity index is 280. The van der Waals surface area contributed by atoms with E-state index < -0.39 is 18.0 Å². The topological polar surface area (TPSA) is 95.9 Å². The fourth-order valence-corrected chi connectivity index (χ4v) is 1.14. The molecule has 0 aromatic carbocycles. The van der Waals surface area contributed by atoms with E-state index in [0.29, 0.717) is 13.0 Å². The summed E-state index contributed by atoms with van der Waals surface area (Å²) in [6.07, 6.45) is -0.251. The van der Waals surface area contributed by atoms with Crippen molar-refractivity contribution >= 4 is 18.0 Å². The predicted octanol–water partition coefficient (Wildman–Crippen LogP) is 0.0557. The number of hydrogen-bond donors (Lipinski definition) is 2. The summed E-state index contributed by atoms with van der Waals surface area (Å²) in [7, 11) is 1.67. The Balaban J connectivity index is 3.72. The van der Waals surface area contributed by atoms with E-state index in [0.717, 1.165) is 0 Å². The highest BCUT2D eigenvalue weighted by molar-refractivity contribution is 5.92. The van der Waals surface area contributed by atoms with Gasteiger partial charge in [-0.1, -0.05) is 0 Å². The molecule has 0 aromatic heterocycles. The Morgan fingerprint density at radius 1 is 1.35 bits per heavy atom. The average Bonchev–Trinajstić information content (AvgIpc) is 2.16. The molecule has 0 radical (unpaired) electrons. The molecule has 0 aliphatic carbocycles. The fraction of sp³-hybridized carbons (Fsp3) is 0.700. The molecule has 0 saturated carbocycles. The van der Waals surface area contributed by atoms with Gasteiger partial charge in [-0.05, 0) is 26.9 Å². The molecule has 0 aliphatic rings. The molecule has 0 fully saturated rings. The third-order valence-electron chi connectivity index (χ3n) is 1.86. The van der Waals surface area contributed by atoms with Gasteiger partial charge in [-0.3, -0.25) is 19.8 Å². The van der Waals surface area contributed by atoms with Gasteiger partial charge in [-0.15, -0.1) is 0 Å². The van der Waals surface area contributed by atoms with Gasteiger partial charge >= 0.3 is 12.1 Å². The molecule has 0 rings (SSSR count). The van der Waals surface area contributed by atoms with Crippen LogP contribution in [0.2, 0.25) is 0 Å². The molecule has 98 valence electrons. The van der Waals surface area contributed by atoms with Crippen molar-refractivity contribution in [3.05, 3.63) is 0 Å². The highest BCUT2D eigenvalue weighted by atomic mass is 16.5. The number of ether oxygens (including phenoxy) is 1. The Labute approximate surface area is 99.7 Å². The second kappa shape index (κ2) is 8.51. The van der Waals surface area contributed by atoms with Crippen molar-refractivity contribution in [1.29, 1.82) is 0 Å². The molecular weight excluding hydrogens is 228 g/mol. The first-order valence-electron chi connectivity index (χ1n) is 5.32. The highest BCUT2D eigenvalue weighted by Crippen LogP contribution is 1.92. The number of carboxylic acids is 1. The van der Waals surface area contributed by atoms with Gasteiger partial charge in [0.1, 0.15) is 0 Å². The Morgan fingerprint density at radius 2 is 2.00 bits per heavy atom. The van der Waals surface area contributed by atoms with Crippen LogP contribution in [0.1, 0.15) is 19.8 Å². The molecule has 2 amide bonds. The van der Waals surface area contributed by atoms with Crippen LogP contribution < -0.4 is 5.32 Å². The maximum atomic E-state index is 11.3.